The Balaban J connectivity index is 1.80. The van der Waals surface area contributed by atoms with E-state index in [-0.39, 0.29) is 17.6 Å². The summed E-state index contributed by atoms with van der Waals surface area (Å²) in [6.07, 6.45) is 5.65. The Morgan fingerprint density at radius 1 is 1.17 bits per heavy atom. The van der Waals surface area contributed by atoms with E-state index in [2.05, 4.69) is 15.4 Å². The number of nitrogens with zero attached hydrogens (tertiary/aromatic N) is 4. The lowest BCUT2D eigenvalue weighted by molar-refractivity contribution is -0.122. The molecule has 1 fully saturated rings. The van der Waals surface area contributed by atoms with Crippen molar-refractivity contribution in [2.45, 2.75) is 59.4 Å². The molecule has 0 bridgehead atoms. The van der Waals surface area contributed by atoms with E-state index in [4.69, 9.17) is 4.99 Å². The van der Waals surface area contributed by atoms with E-state index in [1.165, 1.54) is 0 Å². The Labute approximate surface area is 176 Å². The van der Waals surface area contributed by atoms with Crippen molar-refractivity contribution in [3.05, 3.63) is 52.6 Å². The highest BCUT2D eigenvalue weighted by molar-refractivity contribution is 6.13. The molecule has 0 spiro atoms. The van der Waals surface area contributed by atoms with Gasteiger partial charge in [-0.25, -0.2) is 4.98 Å². The van der Waals surface area contributed by atoms with Gasteiger partial charge in [0.25, 0.3) is 5.91 Å². The molecular formula is C23H27N5O2. The fourth-order valence-electron chi connectivity index (χ4n) is 4.56. The van der Waals surface area contributed by atoms with Gasteiger partial charge in [-0.2, -0.15) is 5.10 Å². The largest absolute Gasteiger partial charge is 0.307 e. The first-order valence-corrected chi connectivity index (χ1v) is 10.5. The SMILES string of the molecule is CCn1ncc([C@H]2C(C(=O)Nc3ccc(C)cn3)=C(C)N=C3CCCC(=O)C32)c1C. The fourth-order valence-corrected chi connectivity index (χ4v) is 4.56. The minimum absolute atomic E-state index is 0.153. The van der Waals surface area contributed by atoms with E-state index < -0.39 is 5.92 Å². The lowest BCUT2D eigenvalue weighted by Gasteiger charge is -2.35. The normalized spacial score (nSPS) is 21.3. The molecule has 2 aromatic rings. The second-order valence-corrected chi connectivity index (χ2v) is 8.05. The van der Waals surface area contributed by atoms with Crippen molar-refractivity contribution >= 4 is 23.2 Å². The maximum Gasteiger partial charge on any atom is 0.255 e. The number of ketones is 1. The summed E-state index contributed by atoms with van der Waals surface area (Å²) < 4.78 is 1.90. The number of aryl methyl sites for hydroxylation is 2. The van der Waals surface area contributed by atoms with Gasteiger partial charge >= 0.3 is 0 Å². The van der Waals surface area contributed by atoms with Gasteiger partial charge in [-0.15, -0.1) is 0 Å². The van der Waals surface area contributed by atoms with Crippen molar-refractivity contribution in [3.63, 3.8) is 0 Å². The van der Waals surface area contributed by atoms with Crippen LogP contribution in [0.1, 0.15) is 55.8 Å². The molecule has 2 aliphatic rings. The summed E-state index contributed by atoms with van der Waals surface area (Å²) in [5.41, 5.74) is 5.00. The van der Waals surface area contributed by atoms with E-state index in [0.717, 1.165) is 41.9 Å². The smallest absolute Gasteiger partial charge is 0.255 e. The van der Waals surface area contributed by atoms with E-state index in [1.54, 1.807) is 18.5 Å². The molecule has 4 rings (SSSR count). The van der Waals surface area contributed by atoms with Crippen LogP contribution in [0.3, 0.4) is 0 Å². The Morgan fingerprint density at radius 3 is 2.63 bits per heavy atom. The van der Waals surface area contributed by atoms with Crippen molar-refractivity contribution in [2.24, 2.45) is 10.9 Å². The van der Waals surface area contributed by atoms with Crippen LogP contribution in [0.25, 0.3) is 0 Å². The van der Waals surface area contributed by atoms with Crippen molar-refractivity contribution in [1.29, 1.82) is 0 Å². The molecule has 1 unspecified atom stereocenters. The standard InChI is InChI=1S/C23H27N5O2/c1-5-28-15(4)16(12-25-28)21-20(23(30)27-19-10-9-13(2)11-24-19)14(3)26-17-7-6-8-18(29)22(17)21/h9-12,21-22H,5-8H2,1-4H3,(H,24,27,30)/t21-,22?/m0/s1. The van der Waals surface area contributed by atoms with Crippen LogP contribution < -0.4 is 5.32 Å². The lowest BCUT2D eigenvalue weighted by Crippen LogP contribution is -2.40. The van der Waals surface area contributed by atoms with E-state index >= 15 is 0 Å². The third-order valence-electron chi connectivity index (χ3n) is 6.08. The Hall–Kier alpha value is -3.09. The van der Waals surface area contributed by atoms with Gasteiger partial charge in [0.1, 0.15) is 11.6 Å². The van der Waals surface area contributed by atoms with Crippen LogP contribution in [-0.2, 0) is 16.1 Å². The first-order chi connectivity index (χ1) is 14.4. The Kier molecular flexibility index (Phi) is 5.37. The minimum Gasteiger partial charge on any atom is -0.307 e. The number of rotatable bonds is 4. The zero-order chi connectivity index (χ0) is 21.4. The molecule has 0 aromatic carbocycles. The quantitative estimate of drug-likeness (QED) is 0.839. The molecule has 1 amide bonds. The maximum atomic E-state index is 13.4. The summed E-state index contributed by atoms with van der Waals surface area (Å²) in [5, 5.41) is 7.39. The zero-order valence-electron chi connectivity index (χ0n) is 17.9. The molecule has 2 aromatic heterocycles. The molecule has 1 saturated carbocycles. The average Bonchev–Trinajstić information content (AvgIpc) is 3.09. The van der Waals surface area contributed by atoms with Crippen molar-refractivity contribution in [1.82, 2.24) is 14.8 Å². The Morgan fingerprint density at radius 2 is 1.97 bits per heavy atom. The lowest BCUT2D eigenvalue weighted by atomic mass is 9.69. The number of carbonyl (C=O) groups excluding carboxylic acids is 2. The molecule has 0 radical (unpaired) electrons. The van der Waals surface area contributed by atoms with Gasteiger partial charge in [-0.3, -0.25) is 19.3 Å². The van der Waals surface area contributed by atoms with Crippen molar-refractivity contribution in [2.75, 3.05) is 5.32 Å². The first kappa shape index (κ1) is 20.2. The molecule has 0 saturated heterocycles. The van der Waals surface area contributed by atoms with Crippen molar-refractivity contribution in [3.8, 4) is 0 Å². The van der Waals surface area contributed by atoms with E-state index in [9.17, 15) is 9.59 Å². The average molecular weight is 406 g/mol. The molecule has 2 atom stereocenters. The second-order valence-electron chi connectivity index (χ2n) is 8.05. The number of anilines is 1. The predicted molar refractivity (Wildman–Crippen MR) is 115 cm³/mol. The van der Waals surface area contributed by atoms with Crippen LogP contribution in [0.4, 0.5) is 5.82 Å². The Bertz CT molecular complexity index is 1060. The van der Waals surface area contributed by atoms with Crippen LogP contribution in [0.2, 0.25) is 0 Å². The summed E-state index contributed by atoms with van der Waals surface area (Å²) in [5.74, 6) is -0.410. The van der Waals surface area contributed by atoms with Gasteiger partial charge in [-0.1, -0.05) is 6.07 Å². The number of carbonyl (C=O) groups is 2. The molecule has 3 heterocycles. The monoisotopic (exact) mass is 405 g/mol. The molecule has 1 aliphatic carbocycles. The van der Waals surface area contributed by atoms with Crippen LogP contribution in [0.5, 0.6) is 0 Å². The number of fused-ring (bicyclic) bond motifs is 1. The third kappa shape index (κ3) is 3.49. The summed E-state index contributed by atoms with van der Waals surface area (Å²) in [7, 11) is 0. The zero-order valence-corrected chi connectivity index (χ0v) is 17.9. The van der Waals surface area contributed by atoms with Gasteiger partial charge in [0.2, 0.25) is 0 Å². The number of allylic oxidation sites excluding steroid dienone is 1. The van der Waals surface area contributed by atoms with Gasteiger partial charge in [0, 0.05) is 53.3 Å². The first-order valence-electron chi connectivity index (χ1n) is 10.5. The summed E-state index contributed by atoms with van der Waals surface area (Å²) >= 11 is 0. The number of hydrogen-bond acceptors (Lipinski definition) is 5. The van der Waals surface area contributed by atoms with Gasteiger partial charge in [-0.05, 0) is 52.2 Å². The number of hydrogen-bond donors (Lipinski definition) is 1. The van der Waals surface area contributed by atoms with E-state index in [0.29, 0.717) is 23.5 Å². The molecule has 156 valence electrons. The van der Waals surface area contributed by atoms with Gasteiger partial charge in [0.15, 0.2) is 0 Å². The fraction of sp³-hybridized carbons (Fsp3) is 0.435. The van der Waals surface area contributed by atoms with E-state index in [1.807, 2.05) is 38.4 Å². The van der Waals surface area contributed by atoms with Crippen LogP contribution >= 0.6 is 0 Å². The molecule has 30 heavy (non-hydrogen) atoms. The number of amides is 1. The van der Waals surface area contributed by atoms with Crippen LogP contribution in [0, 0.1) is 19.8 Å². The molecular weight excluding hydrogens is 378 g/mol. The summed E-state index contributed by atoms with van der Waals surface area (Å²) in [6, 6.07) is 3.68. The van der Waals surface area contributed by atoms with Crippen LogP contribution in [0.15, 0.2) is 40.8 Å². The number of aromatic nitrogens is 3. The third-order valence-corrected chi connectivity index (χ3v) is 6.08. The summed E-state index contributed by atoms with van der Waals surface area (Å²) in [4.78, 5) is 35.4. The molecule has 7 nitrogen and oxygen atoms in total. The second kappa shape index (κ2) is 7.97. The van der Waals surface area contributed by atoms with Crippen molar-refractivity contribution < 1.29 is 9.59 Å². The molecule has 1 N–H and O–H groups in total. The highest BCUT2D eigenvalue weighted by Gasteiger charge is 2.44. The maximum absolute atomic E-state index is 13.4. The number of Topliss-reactive ketones (excluding diaryl/α,β-unsaturated/α-hetero) is 1. The summed E-state index contributed by atoms with van der Waals surface area (Å²) in [6.45, 7) is 8.56. The topological polar surface area (TPSA) is 89.2 Å². The highest BCUT2D eigenvalue weighted by Crippen LogP contribution is 2.43. The number of aliphatic imine (C=N–C) groups is 1. The number of pyridine rings is 1. The minimum atomic E-state index is -0.401. The van der Waals surface area contributed by atoms with Gasteiger partial charge < -0.3 is 5.32 Å². The number of nitrogens with one attached hydrogen (secondary N) is 1. The molecule has 1 aliphatic heterocycles. The van der Waals surface area contributed by atoms with Gasteiger partial charge in [0.05, 0.1) is 12.1 Å². The molecule has 7 heteroatoms. The highest BCUT2D eigenvalue weighted by atomic mass is 16.2. The predicted octanol–water partition coefficient (Wildman–Crippen LogP) is 3.73. The van der Waals surface area contributed by atoms with Crippen LogP contribution in [-0.4, -0.2) is 32.2 Å².